The summed E-state index contributed by atoms with van der Waals surface area (Å²) in [7, 11) is 0. The molecule has 0 spiro atoms. The second kappa shape index (κ2) is 3.81. The molecular weight excluding hydrogens is 174 g/mol. The van der Waals surface area contributed by atoms with Gasteiger partial charge in [-0.15, -0.1) is 0 Å². The lowest BCUT2D eigenvalue weighted by molar-refractivity contribution is 0.101. The molecule has 0 amide bonds. The quantitative estimate of drug-likeness (QED) is 0.677. The van der Waals surface area contributed by atoms with Crippen molar-refractivity contribution in [3.63, 3.8) is 0 Å². The van der Waals surface area contributed by atoms with Gasteiger partial charge in [0.05, 0.1) is 18.1 Å². The average molecular weight is 187 g/mol. The molecule has 0 bridgehead atoms. The fourth-order valence-corrected chi connectivity index (χ4v) is 1.81. The SMILES string of the molecule is Cc1ccc([C@H]2OCC[C@@H]2C#N)cc1. The van der Waals surface area contributed by atoms with E-state index < -0.39 is 0 Å². The predicted molar refractivity (Wildman–Crippen MR) is 53.6 cm³/mol. The fourth-order valence-electron chi connectivity index (χ4n) is 1.81. The molecule has 0 N–H and O–H groups in total. The maximum absolute atomic E-state index is 8.92. The van der Waals surface area contributed by atoms with Crippen LogP contribution in [0.5, 0.6) is 0 Å². The van der Waals surface area contributed by atoms with Gasteiger partial charge in [-0.1, -0.05) is 29.8 Å². The van der Waals surface area contributed by atoms with Crippen molar-refractivity contribution in [2.75, 3.05) is 6.61 Å². The molecule has 72 valence electrons. The van der Waals surface area contributed by atoms with Crippen LogP contribution in [0.4, 0.5) is 0 Å². The number of hydrogen-bond acceptors (Lipinski definition) is 2. The van der Waals surface area contributed by atoms with Crippen molar-refractivity contribution < 1.29 is 4.74 Å². The van der Waals surface area contributed by atoms with Crippen molar-refractivity contribution >= 4 is 0 Å². The van der Waals surface area contributed by atoms with E-state index in [1.807, 2.05) is 0 Å². The van der Waals surface area contributed by atoms with E-state index in [4.69, 9.17) is 10.00 Å². The van der Waals surface area contributed by atoms with Gasteiger partial charge in [0, 0.05) is 6.61 Å². The van der Waals surface area contributed by atoms with Crippen molar-refractivity contribution in [2.24, 2.45) is 5.92 Å². The molecule has 1 heterocycles. The molecule has 1 aromatic carbocycles. The van der Waals surface area contributed by atoms with Crippen LogP contribution in [0.2, 0.25) is 0 Å². The lowest BCUT2D eigenvalue weighted by Crippen LogP contribution is -2.04. The van der Waals surface area contributed by atoms with E-state index >= 15 is 0 Å². The summed E-state index contributed by atoms with van der Waals surface area (Å²) in [5.74, 6) is 0.0257. The van der Waals surface area contributed by atoms with Crippen LogP contribution in [0.1, 0.15) is 23.7 Å². The van der Waals surface area contributed by atoms with Gasteiger partial charge in [-0.2, -0.15) is 5.26 Å². The van der Waals surface area contributed by atoms with Crippen LogP contribution in [-0.4, -0.2) is 6.61 Å². The average Bonchev–Trinajstić information content (AvgIpc) is 2.67. The van der Waals surface area contributed by atoms with Gasteiger partial charge in [-0.25, -0.2) is 0 Å². The summed E-state index contributed by atoms with van der Waals surface area (Å²) in [4.78, 5) is 0. The smallest absolute Gasteiger partial charge is 0.0983 e. The molecule has 2 heteroatoms. The number of nitriles is 1. The van der Waals surface area contributed by atoms with Gasteiger partial charge in [-0.3, -0.25) is 0 Å². The highest BCUT2D eigenvalue weighted by molar-refractivity contribution is 5.25. The van der Waals surface area contributed by atoms with E-state index in [9.17, 15) is 0 Å². The van der Waals surface area contributed by atoms with Crippen LogP contribution >= 0.6 is 0 Å². The Morgan fingerprint density at radius 1 is 1.36 bits per heavy atom. The largest absolute Gasteiger partial charge is 0.372 e. The standard InChI is InChI=1S/C12H13NO/c1-9-2-4-10(5-3-9)12-11(8-13)6-7-14-12/h2-5,11-12H,6-7H2,1H3/t11-,12-/m1/s1. The van der Waals surface area contributed by atoms with Crippen LogP contribution in [0, 0.1) is 24.2 Å². The molecule has 2 nitrogen and oxygen atoms in total. The number of ether oxygens (including phenoxy) is 1. The van der Waals surface area contributed by atoms with E-state index in [-0.39, 0.29) is 12.0 Å². The zero-order valence-corrected chi connectivity index (χ0v) is 8.23. The number of rotatable bonds is 1. The minimum atomic E-state index is -0.0133. The van der Waals surface area contributed by atoms with Crippen molar-refractivity contribution in [3.8, 4) is 6.07 Å². The van der Waals surface area contributed by atoms with Crippen molar-refractivity contribution in [1.29, 1.82) is 5.26 Å². The molecular formula is C12H13NO. The summed E-state index contributed by atoms with van der Waals surface area (Å²) in [6, 6.07) is 10.5. The molecule has 0 saturated carbocycles. The van der Waals surface area contributed by atoms with Crippen LogP contribution in [0.25, 0.3) is 0 Å². The van der Waals surface area contributed by atoms with Gasteiger partial charge >= 0.3 is 0 Å². The Balaban J connectivity index is 2.23. The zero-order chi connectivity index (χ0) is 9.97. The van der Waals surface area contributed by atoms with Crippen molar-refractivity contribution in [1.82, 2.24) is 0 Å². The molecule has 2 atom stereocenters. The first-order valence-corrected chi connectivity index (χ1v) is 4.89. The summed E-state index contributed by atoms with van der Waals surface area (Å²) in [6.45, 7) is 2.76. The maximum atomic E-state index is 8.92. The number of nitrogens with zero attached hydrogens (tertiary/aromatic N) is 1. The Labute approximate surface area is 84.1 Å². The molecule has 1 aliphatic rings. The molecule has 1 aromatic rings. The molecule has 0 aliphatic carbocycles. The van der Waals surface area contributed by atoms with E-state index in [0.717, 1.165) is 12.0 Å². The summed E-state index contributed by atoms with van der Waals surface area (Å²) < 4.78 is 5.56. The van der Waals surface area contributed by atoms with Gasteiger partial charge in [0.15, 0.2) is 0 Å². The molecule has 2 rings (SSSR count). The summed E-state index contributed by atoms with van der Waals surface area (Å²) in [5.41, 5.74) is 2.36. The molecule has 14 heavy (non-hydrogen) atoms. The van der Waals surface area contributed by atoms with Gasteiger partial charge in [-0.05, 0) is 18.9 Å². The van der Waals surface area contributed by atoms with Gasteiger partial charge < -0.3 is 4.74 Å². The summed E-state index contributed by atoms with van der Waals surface area (Å²) >= 11 is 0. The first-order valence-electron chi connectivity index (χ1n) is 4.89. The van der Waals surface area contributed by atoms with Crippen LogP contribution in [0.3, 0.4) is 0 Å². The third-order valence-corrected chi connectivity index (χ3v) is 2.66. The van der Waals surface area contributed by atoms with E-state index in [1.165, 1.54) is 5.56 Å². The third kappa shape index (κ3) is 1.64. The second-order valence-electron chi connectivity index (χ2n) is 3.73. The first kappa shape index (κ1) is 9.23. The third-order valence-electron chi connectivity index (χ3n) is 2.66. The fraction of sp³-hybridized carbons (Fsp3) is 0.417. The highest BCUT2D eigenvalue weighted by atomic mass is 16.5. The van der Waals surface area contributed by atoms with E-state index in [2.05, 4.69) is 37.3 Å². The van der Waals surface area contributed by atoms with Crippen LogP contribution < -0.4 is 0 Å². The zero-order valence-electron chi connectivity index (χ0n) is 8.23. The Morgan fingerprint density at radius 3 is 2.71 bits per heavy atom. The number of benzene rings is 1. The Morgan fingerprint density at radius 2 is 2.07 bits per heavy atom. The van der Waals surface area contributed by atoms with E-state index in [0.29, 0.717) is 6.61 Å². The molecule has 0 unspecified atom stereocenters. The lowest BCUT2D eigenvalue weighted by Gasteiger charge is -2.12. The lowest BCUT2D eigenvalue weighted by atomic mass is 9.96. The number of hydrogen-bond donors (Lipinski definition) is 0. The molecule has 1 fully saturated rings. The second-order valence-corrected chi connectivity index (χ2v) is 3.73. The summed E-state index contributed by atoms with van der Waals surface area (Å²) in [5, 5.41) is 8.92. The highest BCUT2D eigenvalue weighted by Gasteiger charge is 2.29. The first-order chi connectivity index (χ1) is 6.81. The highest BCUT2D eigenvalue weighted by Crippen LogP contribution is 2.33. The monoisotopic (exact) mass is 187 g/mol. The van der Waals surface area contributed by atoms with Crippen molar-refractivity contribution in [2.45, 2.75) is 19.4 Å². The van der Waals surface area contributed by atoms with Gasteiger partial charge in [0.1, 0.15) is 0 Å². The number of aryl methyl sites for hydroxylation is 1. The topological polar surface area (TPSA) is 33.0 Å². The minimum Gasteiger partial charge on any atom is -0.372 e. The summed E-state index contributed by atoms with van der Waals surface area (Å²) in [6.07, 6.45) is 0.843. The predicted octanol–water partition coefficient (Wildman–Crippen LogP) is 2.60. The molecule has 0 radical (unpaired) electrons. The molecule has 1 saturated heterocycles. The van der Waals surface area contributed by atoms with Crippen molar-refractivity contribution in [3.05, 3.63) is 35.4 Å². The van der Waals surface area contributed by atoms with Crippen LogP contribution in [0.15, 0.2) is 24.3 Å². The van der Waals surface area contributed by atoms with Crippen LogP contribution in [-0.2, 0) is 4.74 Å². The molecule has 1 aliphatic heterocycles. The van der Waals surface area contributed by atoms with E-state index in [1.54, 1.807) is 0 Å². The Kier molecular flexibility index (Phi) is 2.51. The Bertz CT molecular complexity index is 350. The Hall–Kier alpha value is -1.33. The van der Waals surface area contributed by atoms with Gasteiger partial charge in [0.2, 0.25) is 0 Å². The minimum absolute atomic E-state index is 0.0133. The van der Waals surface area contributed by atoms with Gasteiger partial charge in [0.25, 0.3) is 0 Å². The molecule has 0 aromatic heterocycles. The maximum Gasteiger partial charge on any atom is 0.0983 e. The normalized spacial score (nSPS) is 26.0.